The topological polar surface area (TPSA) is 83.5 Å². The van der Waals surface area contributed by atoms with Crippen LogP contribution in [0, 0.1) is 11.8 Å². The first kappa shape index (κ1) is 30.5. The molecule has 7 heteroatoms. The molecule has 1 saturated carbocycles. The van der Waals surface area contributed by atoms with Gasteiger partial charge in [0.2, 0.25) is 0 Å². The Labute approximate surface area is 213 Å². The molecule has 1 aliphatic heterocycles. The van der Waals surface area contributed by atoms with Crippen molar-refractivity contribution in [3.05, 3.63) is 0 Å². The van der Waals surface area contributed by atoms with Gasteiger partial charge in [0, 0.05) is 26.4 Å². The number of hydrogen-bond acceptors (Lipinski definition) is 6. The third-order valence-electron chi connectivity index (χ3n) is 7.37. The molecule has 1 spiro atoms. The molecule has 2 aliphatic rings. The minimum Gasteiger partial charge on any atom is -0.481 e. The van der Waals surface area contributed by atoms with Gasteiger partial charge in [-0.2, -0.15) is 0 Å². The maximum absolute atomic E-state index is 12.5. The van der Waals surface area contributed by atoms with E-state index in [0.717, 1.165) is 51.4 Å². The minimum absolute atomic E-state index is 0.226. The van der Waals surface area contributed by atoms with Crippen molar-refractivity contribution in [3.8, 4) is 0 Å². The largest absolute Gasteiger partial charge is 0.481 e. The highest BCUT2D eigenvalue weighted by atomic mass is 16.6. The van der Waals surface area contributed by atoms with Crippen LogP contribution >= 0.6 is 0 Å². The quantitative estimate of drug-likeness (QED) is 0.244. The lowest BCUT2D eigenvalue weighted by Gasteiger charge is -2.53. The maximum Gasteiger partial charge on any atom is 0.309 e. The first-order valence-electron chi connectivity index (χ1n) is 14.3. The second-order valence-corrected chi connectivity index (χ2v) is 10.5. The van der Waals surface area contributed by atoms with Gasteiger partial charge in [-0.25, -0.2) is 0 Å². The van der Waals surface area contributed by atoms with Crippen LogP contribution in [0.2, 0.25) is 0 Å². The van der Waals surface area contributed by atoms with Crippen LogP contribution in [0.3, 0.4) is 0 Å². The van der Waals surface area contributed by atoms with Crippen molar-refractivity contribution in [2.75, 3.05) is 33.0 Å². The van der Waals surface area contributed by atoms with Crippen molar-refractivity contribution in [2.45, 2.75) is 129 Å². The van der Waals surface area contributed by atoms with Crippen LogP contribution in [0.25, 0.3) is 0 Å². The summed E-state index contributed by atoms with van der Waals surface area (Å²) >= 11 is 0. The molecule has 0 amide bonds. The van der Waals surface area contributed by atoms with Crippen molar-refractivity contribution in [2.24, 2.45) is 11.8 Å². The van der Waals surface area contributed by atoms with Gasteiger partial charge in [-0.3, -0.25) is 4.79 Å². The lowest BCUT2D eigenvalue weighted by molar-refractivity contribution is -0.310. The van der Waals surface area contributed by atoms with E-state index in [0.29, 0.717) is 45.9 Å². The van der Waals surface area contributed by atoms with Crippen LogP contribution in [0.15, 0.2) is 0 Å². The van der Waals surface area contributed by atoms with Crippen LogP contribution in [-0.4, -0.2) is 74.1 Å². The van der Waals surface area contributed by atoms with Gasteiger partial charge in [0.15, 0.2) is 0 Å². The van der Waals surface area contributed by atoms with Crippen LogP contribution in [-0.2, 0) is 28.5 Å². The van der Waals surface area contributed by atoms with E-state index in [-0.39, 0.29) is 12.0 Å². The molecule has 1 saturated heterocycles. The third-order valence-corrected chi connectivity index (χ3v) is 7.37. The normalized spacial score (nSPS) is 32.9. The fourth-order valence-corrected chi connectivity index (χ4v) is 5.48. The van der Waals surface area contributed by atoms with E-state index >= 15 is 0 Å². The second-order valence-electron chi connectivity index (χ2n) is 10.5. The summed E-state index contributed by atoms with van der Waals surface area (Å²) in [6.07, 6.45) is 7.47. The van der Waals surface area contributed by atoms with Crippen LogP contribution in [0.1, 0.15) is 98.8 Å². The summed E-state index contributed by atoms with van der Waals surface area (Å²) in [5, 5.41) is 10.3. The number of aliphatic carboxylic acids is 1. The zero-order chi connectivity index (χ0) is 25.7. The number of unbranched alkanes of at least 4 members (excludes halogenated alkanes) is 4. The molecule has 206 valence electrons. The summed E-state index contributed by atoms with van der Waals surface area (Å²) in [5.74, 6) is -1.23. The fourth-order valence-electron chi connectivity index (χ4n) is 5.48. The molecule has 6 unspecified atom stereocenters. The number of rotatable bonds is 18. The van der Waals surface area contributed by atoms with E-state index in [1.165, 1.54) is 0 Å². The van der Waals surface area contributed by atoms with Crippen molar-refractivity contribution in [3.63, 3.8) is 0 Å². The molecule has 7 atom stereocenters. The van der Waals surface area contributed by atoms with E-state index in [1.54, 1.807) is 0 Å². The molecule has 1 heterocycles. The Morgan fingerprint density at radius 3 is 1.97 bits per heavy atom. The Bertz CT molecular complexity index is 586. The number of carboxylic acid groups (broad SMARTS) is 1. The summed E-state index contributed by atoms with van der Waals surface area (Å²) in [7, 11) is 0. The zero-order valence-corrected chi connectivity index (χ0v) is 23.0. The average molecular weight is 501 g/mol. The molecule has 2 fully saturated rings. The molecule has 0 aromatic carbocycles. The van der Waals surface area contributed by atoms with Crippen molar-refractivity contribution in [1.29, 1.82) is 0 Å². The number of hydrogen-bond donors (Lipinski definition) is 1. The van der Waals surface area contributed by atoms with E-state index in [1.807, 2.05) is 0 Å². The van der Waals surface area contributed by atoms with Crippen LogP contribution < -0.4 is 0 Å². The highest BCUT2D eigenvalue weighted by molar-refractivity contribution is 5.72. The number of ether oxygens (including phenoxy) is 5. The first-order valence-corrected chi connectivity index (χ1v) is 14.3. The summed E-state index contributed by atoms with van der Waals surface area (Å²) in [4.78, 5) is 12.5. The molecule has 35 heavy (non-hydrogen) atoms. The first-order chi connectivity index (χ1) is 16.9. The van der Waals surface area contributed by atoms with E-state index in [4.69, 9.17) is 23.7 Å². The fraction of sp³-hybridized carbons (Fsp3) is 0.964. The molecule has 0 bridgehead atoms. The Kier molecular flexibility index (Phi) is 14.1. The monoisotopic (exact) mass is 500 g/mol. The second kappa shape index (κ2) is 16.2. The highest BCUT2D eigenvalue weighted by Gasteiger charge is 2.64. The summed E-state index contributed by atoms with van der Waals surface area (Å²) in [6, 6.07) is 0. The van der Waals surface area contributed by atoms with Crippen LogP contribution in [0.4, 0.5) is 0 Å². The van der Waals surface area contributed by atoms with Gasteiger partial charge in [-0.15, -0.1) is 0 Å². The summed E-state index contributed by atoms with van der Waals surface area (Å²) in [6.45, 7) is 13.4. The maximum atomic E-state index is 12.5. The molecule has 0 aromatic heterocycles. The van der Waals surface area contributed by atoms with Gasteiger partial charge >= 0.3 is 5.97 Å². The van der Waals surface area contributed by atoms with Gasteiger partial charge in [0.05, 0.1) is 12.5 Å². The Balaban J connectivity index is 2.44. The summed E-state index contributed by atoms with van der Waals surface area (Å²) in [5.41, 5.74) is -0.945. The lowest BCUT2D eigenvalue weighted by atomic mass is 9.77. The van der Waals surface area contributed by atoms with E-state index < -0.39 is 35.8 Å². The van der Waals surface area contributed by atoms with Gasteiger partial charge < -0.3 is 28.8 Å². The predicted molar refractivity (Wildman–Crippen MR) is 137 cm³/mol. The van der Waals surface area contributed by atoms with Crippen molar-refractivity contribution >= 4 is 5.97 Å². The Morgan fingerprint density at radius 1 is 0.857 bits per heavy atom. The van der Waals surface area contributed by atoms with E-state index in [2.05, 4.69) is 34.6 Å². The van der Waals surface area contributed by atoms with Gasteiger partial charge in [0.25, 0.3) is 0 Å². The van der Waals surface area contributed by atoms with Gasteiger partial charge in [0.1, 0.15) is 30.0 Å². The summed E-state index contributed by atoms with van der Waals surface area (Å²) < 4.78 is 32.4. The standard InChI is InChI=1S/C28H52O7/c1-6-10-14-31-20-23-24(32-15-11-7-2)25(33-16-12-8-3)26(34-17-13-9-4)28(35-23)19-21(5)18-22(28)27(29)30/h21-26H,6-20H2,1-5H3,(H,29,30)/t21-,22?,23?,24?,25?,26?,28?/m0/s1. The Hall–Kier alpha value is -0.730. The molecule has 0 aromatic rings. The minimum atomic E-state index is -0.945. The number of carbonyl (C=O) groups is 1. The number of carboxylic acids is 1. The molecule has 2 rings (SSSR count). The molecule has 1 aliphatic carbocycles. The smallest absolute Gasteiger partial charge is 0.309 e. The lowest BCUT2D eigenvalue weighted by Crippen LogP contribution is -2.69. The third kappa shape index (κ3) is 8.39. The highest BCUT2D eigenvalue weighted by Crippen LogP contribution is 2.51. The SMILES string of the molecule is CCCCOCC1OC2(C[C@@H](C)CC2C(=O)O)C(OCCCC)C(OCCCC)C1OCCCC. The molecule has 1 N–H and O–H groups in total. The van der Waals surface area contributed by atoms with Crippen molar-refractivity contribution in [1.82, 2.24) is 0 Å². The van der Waals surface area contributed by atoms with Crippen LogP contribution in [0.5, 0.6) is 0 Å². The van der Waals surface area contributed by atoms with Gasteiger partial charge in [-0.1, -0.05) is 60.3 Å². The molecular weight excluding hydrogens is 448 g/mol. The van der Waals surface area contributed by atoms with E-state index in [9.17, 15) is 9.90 Å². The average Bonchev–Trinajstić information content (AvgIpc) is 3.16. The Morgan fingerprint density at radius 2 is 1.40 bits per heavy atom. The molecule has 0 radical (unpaired) electrons. The zero-order valence-electron chi connectivity index (χ0n) is 23.0. The van der Waals surface area contributed by atoms with Crippen molar-refractivity contribution < 1.29 is 33.6 Å². The molecule has 7 nitrogen and oxygen atoms in total. The molecular formula is C28H52O7. The van der Waals surface area contributed by atoms with Gasteiger partial charge in [-0.05, 0) is 44.4 Å². The predicted octanol–water partition coefficient (Wildman–Crippen LogP) is 5.63.